The van der Waals surface area contributed by atoms with Crippen LogP contribution in [-0.4, -0.2) is 22.2 Å². The highest BCUT2D eigenvalue weighted by molar-refractivity contribution is 5.99. The average Bonchev–Trinajstić information content (AvgIpc) is 2.30. The Bertz CT molecular complexity index is 579. The topological polar surface area (TPSA) is 71.2 Å². The van der Waals surface area contributed by atoms with E-state index >= 15 is 0 Å². The van der Waals surface area contributed by atoms with Crippen LogP contribution in [0.2, 0.25) is 0 Å². The van der Waals surface area contributed by atoms with Gasteiger partial charge in [-0.25, -0.2) is 4.98 Å². The van der Waals surface area contributed by atoms with E-state index in [0.29, 0.717) is 0 Å². The van der Waals surface area contributed by atoms with Gasteiger partial charge in [-0.05, 0) is 32.9 Å². The van der Waals surface area contributed by atoms with Gasteiger partial charge in [0.15, 0.2) is 0 Å². The van der Waals surface area contributed by atoms with Crippen molar-refractivity contribution in [2.45, 2.75) is 26.3 Å². The maximum Gasteiger partial charge on any atom is 0.134 e. The van der Waals surface area contributed by atoms with Crippen molar-refractivity contribution in [3.8, 4) is 0 Å². The zero-order valence-corrected chi connectivity index (χ0v) is 11.0. The van der Waals surface area contributed by atoms with Crippen LogP contribution in [0.4, 0.5) is 11.5 Å². The molecule has 1 heterocycles. The molecule has 0 aliphatic rings. The van der Waals surface area contributed by atoms with E-state index in [4.69, 9.17) is 5.73 Å². The van der Waals surface area contributed by atoms with Crippen LogP contribution >= 0.6 is 0 Å². The van der Waals surface area contributed by atoms with Crippen molar-refractivity contribution in [2.75, 3.05) is 17.7 Å². The Morgan fingerprint density at radius 3 is 2.72 bits per heavy atom. The van der Waals surface area contributed by atoms with Gasteiger partial charge in [0.2, 0.25) is 0 Å². The second-order valence-electron chi connectivity index (χ2n) is 5.22. The molecule has 0 aliphatic carbocycles. The maximum atomic E-state index is 9.34. The number of hydrogen-bond acceptors (Lipinski definition) is 4. The van der Waals surface area contributed by atoms with Crippen LogP contribution < -0.4 is 11.1 Å². The number of rotatable bonds is 3. The third kappa shape index (κ3) is 2.38. The number of hydrogen-bond donors (Lipinski definition) is 3. The molecule has 1 aromatic heterocycles. The molecular formula is C14H19N3O. The highest BCUT2D eigenvalue weighted by Gasteiger charge is 2.18. The van der Waals surface area contributed by atoms with E-state index in [-0.39, 0.29) is 6.61 Å². The smallest absolute Gasteiger partial charge is 0.134 e. The van der Waals surface area contributed by atoms with E-state index in [1.54, 1.807) is 0 Å². The highest BCUT2D eigenvalue weighted by Crippen LogP contribution is 2.28. The Morgan fingerprint density at radius 2 is 2.06 bits per heavy atom. The van der Waals surface area contributed by atoms with Crippen LogP contribution in [-0.2, 0) is 0 Å². The number of anilines is 2. The monoisotopic (exact) mass is 245 g/mol. The van der Waals surface area contributed by atoms with Crippen LogP contribution in [0.15, 0.2) is 24.3 Å². The summed E-state index contributed by atoms with van der Waals surface area (Å²) in [6, 6.07) is 7.74. The number of nitrogens with zero attached hydrogens (tertiary/aromatic N) is 1. The summed E-state index contributed by atoms with van der Waals surface area (Å²) in [6.45, 7) is 5.82. The predicted octanol–water partition coefficient (Wildman–Crippen LogP) is 2.31. The Hall–Kier alpha value is -1.81. The van der Waals surface area contributed by atoms with Gasteiger partial charge in [0, 0.05) is 22.2 Å². The highest BCUT2D eigenvalue weighted by atomic mass is 16.3. The molecule has 0 aliphatic heterocycles. The predicted molar refractivity (Wildman–Crippen MR) is 75.7 cm³/mol. The Balaban J connectivity index is 2.60. The molecule has 0 atom stereocenters. The summed E-state index contributed by atoms with van der Waals surface area (Å²) in [5.74, 6) is 0.761. The molecule has 18 heavy (non-hydrogen) atoms. The number of pyridine rings is 1. The first-order chi connectivity index (χ1) is 8.43. The SMILES string of the molecule is Cc1cc2c(N)cccc2c(NC(C)(C)CO)n1. The van der Waals surface area contributed by atoms with Gasteiger partial charge in [0.25, 0.3) is 0 Å². The lowest BCUT2D eigenvalue weighted by molar-refractivity contribution is 0.234. The summed E-state index contributed by atoms with van der Waals surface area (Å²) in [5, 5.41) is 14.6. The molecule has 0 unspecified atom stereocenters. The second-order valence-corrected chi connectivity index (χ2v) is 5.22. The molecule has 96 valence electrons. The van der Waals surface area contributed by atoms with Crippen molar-refractivity contribution in [3.05, 3.63) is 30.0 Å². The fourth-order valence-electron chi connectivity index (χ4n) is 1.88. The lowest BCUT2D eigenvalue weighted by Crippen LogP contribution is -2.35. The van der Waals surface area contributed by atoms with Gasteiger partial charge in [-0.1, -0.05) is 12.1 Å². The number of aliphatic hydroxyl groups excluding tert-OH is 1. The quantitative estimate of drug-likeness (QED) is 0.726. The molecule has 4 nitrogen and oxygen atoms in total. The lowest BCUT2D eigenvalue weighted by Gasteiger charge is -2.25. The van der Waals surface area contributed by atoms with Crippen molar-refractivity contribution >= 4 is 22.3 Å². The van der Waals surface area contributed by atoms with Gasteiger partial charge >= 0.3 is 0 Å². The fraction of sp³-hybridized carbons (Fsp3) is 0.357. The van der Waals surface area contributed by atoms with Gasteiger partial charge in [0.1, 0.15) is 5.82 Å². The van der Waals surface area contributed by atoms with Crippen LogP contribution in [0.1, 0.15) is 19.5 Å². The van der Waals surface area contributed by atoms with Crippen molar-refractivity contribution in [2.24, 2.45) is 0 Å². The van der Waals surface area contributed by atoms with Gasteiger partial charge in [-0.3, -0.25) is 0 Å². The van der Waals surface area contributed by atoms with E-state index in [1.165, 1.54) is 0 Å². The minimum Gasteiger partial charge on any atom is -0.398 e. The minimum atomic E-state index is -0.418. The zero-order valence-electron chi connectivity index (χ0n) is 11.0. The van der Waals surface area contributed by atoms with E-state index in [9.17, 15) is 5.11 Å². The average molecular weight is 245 g/mol. The van der Waals surface area contributed by atoms with Crippen LogP contribution in [0.5, 0.6) is 0 Å². The third-order valence-electron chi connectivity index (χ3n) is 2.89. The molecule has 4 N–H and O–H groups in total. The van der Waals surface area contributed by atoms with Crippen molar-refractivity contribution in [3.63, 3.8) is 0 Å². The zero-order chi connectivity index (χ0) is 13.3. The summed E-state index contributed by atoms with van der Waals surface area (Å²) in [6.07, 6.45) is 0. The van der Waals surface area contributed by atoms with Gasteiger partial charge in [-0.15, -0.1) is 0 Å². The molecule has 0 saturated heterocycles. The Morgan fingerprint density at radius 1 is 1.33 bits per heavy atom. The number of aryl methyl sites for hydroxylation is 1. The molecule has 0 spiro atoms. The van der Waals surface area contributed by atoms with Crippen molar-refractivity contribution in [1.29, 1.82) is 0 Å². The summed E-state index contributed by atoms with van der Waals surface area (Å²) in [4.78, 5) is 4.50. The number of aliphatic hydroxyl groups is 1. The molecule has 4 heteroatoms. The number of nitrogens with two attached hydrogens (primary N) is 1. The van der Waals surface area contributed by atoms with Gasteiger partial charge < -0.3 is 16.2 Å². The molecule has 2 rings (SSSR count). The first-order valence-corrected chi connectivity index (χ1v) is 5.98. The number of nitrogen functional groups attached to an aromatic ring is 1. The molecule has 0 bridgehead atoms. The lowest BCUT2D eigenvalue weighted by atomic mass is 10.1. The first kappa shape index (κ1) is 12.6. The first-order valence-electron chi connectivity index (χ1n) is 5.98. The molecule has 1 aromatic carbocycles. The van der Waals surface area contributed by atoms with E-state index in [1.807, 2.05) is 45.0 Å². The molecule has 0 radical (unpaired) electrons. The van der Waals surface area contributed by atoms with Gasteiger partial charge in [0.05, 0.1) is 12.1 Å². The van der Waals surface area contributed by atoms with Crippen LogP contribution in [0.25, 0.3) is 10.8 Å². The van der Waals surface area contributed by atoms with Crippen LogP contribution in [0.3, 0.4) is 0 Å². The number of nitrogens with one attached hydrogen (secondary N) is 1. The standard InChI is InChI=1S/C14H19N3O/c1-9-7-11-10(5-4-6-12(11)15)13(16-9)17-14(2,3)8-18/h4-7,18H,8,15H2,1-3H3,(H,16,17). The Labute approximate surface area is 107 Å². The van der Waals surface area contributed by atoms with Crippen molar-refractivity contribution < 1.29 is 5.11 Å². The maximum absolute atomic E-state index is 9.34. The van der Waals surface area contributed by atoms with E-state index < -0.39 is 5.54 Å². The van der Waals surface area contributed by atoms with E-state index in [0.717, 1.165) is 28.0 Å². The summed E-state index contributed by atoms with van der Waals surface area (Å²) in [7, 11) is 0. The molecule has 0 fully saturated rings. The van der Waals surface area contributed by atoms with E-state index in [2.05, 4.69) is 10.3 Å². The number of benzene rings is 1. The third-order valence-corrected chi connectivity index (χ3v) is 2.89. The molecule has 0 saturated carbocycles. The fourth-order valence-corrected chi connectivity index (χ4v) is 1.88. The molecule has 0 amide bonds. The summed E-state index contributed by atoms with van der Waals surface area (Å²) >= 11 is 0. The number of aromatic nitrogens is 1. The van der Waals surface area contributed by atoms with Gasteiger partial charge in [-0.2, -0.15) is 0 Å². The molecule has 2 aromatic rings. The summed E-state index contributed by atoms with van der Waals surface area (Å²) < 4.78 is 0. The van der Waals surface area contributed by atoms with Crippen LogP contribution in [0, 0.1) is 6.92 Å². The second kappa shape index (κ2) is 4.46. The normalized spacial score (nSPS) is 11.8. The minimum absolute atomic E-state index is 0.0342. The number of fused-ring (bicyclic) bond motifs is 1. The Kier molecular flexibility index (Phi) is 3.13. The largest absolute Gasteiger partial charge is 0.398 e. The van der Waals surface area contributed by atoms with Crippen molar-refractivity contribution in [1.82, 2.24) is 4.98 Å². The molecular weight excluding hydrogens is 226 g/mol. The summed E-state index contributed by atoms with van der Waals surface area (Å²) in [5.41, 5.74) is 7.21.